The van der Waals surface area contributed by atoms with Crippen molar-refractivity contribution in [3.63, 3.8) is 0 Å². The molecule has 0 atom stereocenters. The molecule has 3 heteroatoms. The Labute approximate surface area is 103 Å². The minimum absolute atomic E-state index is 0.0580. The molecule has 0 spiro atoms. The Morgan fingerprint density at radius 2 is 2.06 bits per heavy atom. The molecule has 2 nitrogen and oxygen atoms in total. The topological polar surface area (TPSA) is 15.3 Å². The predicted octanol–water partition coefficient (Wildman–Crippen LogP) is 1.84. The number of rotatable bonds is 4. The summed E-state index contributed by atoms with van der Waals surface area (Å²) in [4.78, 5) is 2.40. The van der Waals surface area contributed by atoms with Crippen LogP contribution >= 0.6 is 0 Å². The van der Waals surface area contributed by atoms with Crippen LogP contribution in [0.25, 0.3) is 0 Å². The number of hydrogen-bond donors (Lipinski definition) is 1. The quantitative estimate of drug-likeness (QED) is 0.858. The molecule has 1 aliphatic heterocycles. The smallest absolute Gasteiger partial charge is 0.126 e. The first-order chi connectivity index (χ1) is 8.29. The maximum atomic E-state index is 13.6. The monoisotopic (exact) mass is 236 g/mol. The largest absolute Gasteiger partial charge is 0.314 e. The number of nitrogens with one attached hydrogen (secondary N) is 1. The van der Waals surface area contributed by atoms with Crippen LogP contribution in [0, 0.1) is 5.82 Å². The number of halogens is 1. The van der Waals surface area contributed by atoms with Crippen LogP contribution in [0.15, 0.2) is 18.2 Å². The number of piperazine rings is 1. The van der Waals surface area contributed by atoms with Gasteiger partial charge in [0.25, 0.3) is 0 Å². The number of nitrogens with zero attached hydrogens (tertiary/aromatic N) is 1. The Morgan fingerprint density at radius 3 is 2.76 bits per heavy atom. The molecule has 1 aliphatic rings. The number of hydrogen-bond acceptors (Lipinski definition) is 2. The highest BCUT2D eigenvalue weighted by Crippen LogP contribution is 2.12. The van der Waals surface area contributed by atoms with Gasteiger partial charge in [0.05, 0.1) is 0 Å². The van der Waals surface area contributed by atoms with Gasteiger partial charge in [-0.05, 0) is 30.0 Å². The number of aryl methyl sites for hydroxylation is 1. The third kappa shape index (κ3) is 3.51. The van der Waals surface area contributed by atoms with Crippen LogP contribution < -0.4 is 5.32 Å². The Balaban J connectivity index is 1.92. The summed E-state index contributed by atoms with van der Waals surface area (Å²) in [6.07, 6.45) is 1.79. The molecule has 0 aliphatic carbocycles. The van der Waals surface area contributed by atoms with Crippen molar-refractivity contribution in [2.45, 2.75) is 19.8 Å². The summed E-state index contributed by atoms with van der Waals surface area (Å²) >= 11 is 0. The van der Waals surface area contributed by atoms with E-state index in [1.165, 1.54) is 5.56 Å². The van der Waals surface area contributed by atoms with Crippen LogP contribution in [0.4, 0.5) is 4.39 Å². The molecular formula is C14H21FN2. The highest BCUT2D eigenvalue weighted by molar-refractivity contribution is 5.25. The van der Waals surface area contributed by atoms with Crippen molar-refractivity contribution in [1.82, 2.24) is 10.2 Å². The first-order valence-corrected chi connectivity index (χ1v) is 6.50. The van der Waals surface area contributed by atoms with Crippen molar-refractivity contribution < 1.29 is 4.39 Å². The minimum Gasteiger partial charge on any atom is -0.314 e. The van der Waals surface area contributed by atoms with Gasteiger partial charge in [0.15, 0.2) is 0 Å². The van der Waals surface area contributed by atoms with Crippen LogP contribution in [0.5, 0.6) is 0 Å². The Bertz CT molecular complexity index is 359. The van der Waals surface area contributed by atoms with E-state index in [-0.39, 0.29) is 5.82 Å². The van der Waals surface area contributed by atoms with Crippen molar-refractivity contribution in [2.75, 3.05) is 32.7 Å². The molecule has 1 saturated heterocycles. The van der Waals surface area contributed by atoms with Gasteiger partial charge in [-0.25, -0.2) is 4.39 Å². The second-order valence-electron chi connectivity index (χ2n) is 4.62. The average Bonchev–Trinajstić information content (AvgIpc) is 2.39. The Hall–Kier alpha value is -0.930. The molecule has 0 amide bonds. The molecule has 17 heavy (non-hydrogen) atoms. The van der Waals surface area contributed by atoms with Crippen molar-refractivity contribution in [3.05, 3.63) is 35.1 Å². The van der Waals surface area contributed by atoms with Crippen LogP contribution in [-0.2, 0) is 12.8 Å². The number of benzene rings is 1. The van der Waals surface area contributed by atoms with Crippen LogP contribution in [0.3, 0.4) is 0 Å². The lowest BCUT2D eigenvalue weighted by molar-refractivity contribution is 0.243. The maximum absolute atomic E-state index is 13.6. The summed E-state index contributed by atoms with van der Waals surface area (Å²) in [7, 11) is 0. The molecule has 0 radical (unpaired) electrons. The highest BCUT2D eigenvalue weighted by atomic mass is 19.1. The molecule has 1 aromatic carbocycles. The third-order valence-electron chi connectivity index (χ3n) is 3.43. The molecule has 94 valence electrons. The Morgan fingerprint density at radius 1 is 1.29 bits per heavy atom. The van der Waals surface area contributed by atoms with Gasteiger partial charge >= 0.3 is 0 Å². The van der Waals surface area contributed by atoms with Gasteiger partial charge in [0, 0.05) is 32.7 Å². The van der Waals surface area contributed by atoms with Crippen molar-refractivity contribution in [3.8, 4) is 0 Å². The molecular weight excluding hydrogens is 215 g/mol. The first kappa shape index (κ1) is 12.5. The predicted molar refractivity (Wildman–Crippen MR) is 68.8 cm³/mol. The van der Waals surface area contributed by atoms with E-state index in [4.69, 9.17) is 0 Å². The van der Waals surface area contributed by atoms with Gasteiger partial charge in [-0.1, -0.05) is 19.1 Å². The lowest BCUT2D eigenvalue weighted by Crippen LogP contribution is -2.44. The summed E-state index contributed by atoms with van der Waals surface area (Å²) in [5, 5.41) is 3.33. The minimum atomic E-state index is -0.0580. The summed E-state index contributed by atoms with van der Waals surface area (Å²) in [6, 6.07) is 5.49. The maximum Gasteiger partial charge on any atom is 0.126 e. The van der Waals surface area contributed by atoms with Crippen LogP contribution in [0.1, 0.15) is 18.1 Å². The highest BCUT2D eigenvalue weighted by Gasteiger charge is 2.10. The summed E-state index contributed by atoms with van der Waals surface area (Å²) in [5.74, 6) is -0.0580. The zero-order valence-electron chi connectivity index (χ0n) is 10.5. The van der Waals surface area contributed by atoms with E-state index in [1.54, 1.807) is 6.07 Å². The van der Waals surface area contributed by atoms with E-state index in [9.17, 15) is 4.39 Å². The van der Waals surface area contributed by atoms with E-state index in [0.29, 0.717) is 0 Å². The van der Waals surface area contributed by atoms with Gasteiger partial charge in [-0.3, -0.25) is 0 Å². The fourth-order valence-electron chi connectivity index (χ4n) is 2.25. The molecule has 0 saturated carbocycles. The summed E-state index contributed by atoms with van der Waals surface area (Å²) in [5.41, 5.74) is 2.09. The van der Waals surface area contributed by atoms with Crippen LogP contribution in [0.2, 0.25) is 0 Å². The zero-order chi connectivity index (χ0) is 12.1. The van der Waals surface area contributed by atoms with E-state index in [1.807, 2.05) is 12.1 Å². The second kappa shape index (κ2) is 6.12. The average molecular weight is 236 g/mol. The van der Waals surface area contributed by atoms with E-state index in [0.717, 1.165) is 51.1 Å². The van der Waals surface area contributed by atoms with E-state index < -0.39 is 0 Å². The van der Waals surface area contributed by atoms with Gasteiger partial charge in [0.2, 0.25) is 0 Å². The normalized spacial score (nSPS) is 17.3. The zero-order valence-corrected chi connectivity index (χ0v) is 10.5. The first-order valence-electron chi connectivity index (χ1n) is 6.50. The van der Waals surface area contributed by atoms with Gasteiger partial charge in [0.1, 0.15) is 5.82 Å². The van der Waals surface area contributed by atoms with Crippen LogP contribution in [-0.4, -0.2) is 37.6 Å². The fourth-order valence-corrected chi connectivity index (χ4v) is 2.25. The molecule has 0 aromatic heterocycles. The van der Waals surface area contributed by atoms with E-state index >= 15 is 0 Å². The van der Waals surface area contributed by atoms with Gasteiger partial charge in [-0.2, -0.15) is 0 Å². The SMILES string of the molecule is CCc1ccc(F)c(CCN2CCNCC2)c1. The molecule has 1 fully saturated rings. The summed E-state index contributed by atoms with van der Waals surface area (Å²) in [6.45, 7) is 7.33. The molecule has 0 unspecified atom stereocenters. The van der Waals surface area contributed by atoms with Gasteiger partial charge < -0.3 is 10.2 Å². The van der Waals surface area contributed by atoms with E-state index in [2.05, 4.69) is 17.1 Å². The summed E-state index contributed by atoms with van der Waals surface area (Å²) < 4.78 is 13.6. The third-order valence-corrected chi connectivity index (χ3v) is 3.43. The van der Waals surface area contributed by atoms with Gasteiger partial charge in [-0.15, -0.1) is 0 Å². The fraction of sp³-hybridized carbons (Fsp3) is 0.571. The molecule has 1 heterocycles. The Kier molecular flexibility index (Phi) is 4.51. The lowest BCUT2D eigenvalue weighted by Gasteiger charge is -2.27. The second-order valence-corrected chi connectivity index (χ2v) is 4.62. The van der Waals surface area contributed by atoms with Crippen molar-refractivity contribution in [2.24, 2.45) is 0 Å². The standard InChI is InChI=1S/C14H21FN2/c1-2-12-3-4-14(15)13(11-12)5-8-17-9-6-16-7-10-17/h3-4,11,16H,2,5-10H2,1H3. The van der Waals surface area contributed by atoms with Crippen molar-refractivity contribution in [1.29, 1.82) is 0 Å². The molecule has 1 N–H and O–H groups in total. The molecule has 1 aromatic rings. The molecule has 2 rings (SSSR count). The lowest BCUT2D eigenvalue weighted by atomic mass is 10.1. The molecule has 0 bridgehead atoms. The van der Waals surface area contributed by atoms with Crippen molar-refractivity contribution >= 4 is 0 Å².